The molecule has 4 rings (SSSR count). The van der Waals surface area contributed by atoms with Crippen molar-refractivity contribution in [3.05, 3.63) is 78.1 Å². The average Bonchev–Trinajstić information content (AvgIpc) is 2.85. The highest BCUT2D eigenvalue weighted by Gasteiger charge is 2.10. The Morgan fingerprint density at radius 2 is 1.85 bits per heavy atom. The van der Waals surface area contributed by atoms with Gasteiger partial charge in [-0.3, -0.25) is 14.9 Å². The van der Waals surface area contributed by atoms with E-state index in [4.69, 9.17) is 15.2 Å². The fourth-order valence-corrected chi connectivity index (χ4v) is 4.01. The van der Waals surface area contributed by atoms with E-state index < -0.39 is 0 Å². The molecule has 0 saturated carbocycles. The molecule has 0 amide bonds. The van der Waals surface area contributed by atoms with E-state index in [1.54, 1.807) is 0 Å². The molecule has 2 N–H and O–H groups in total. The van der Waals surface area contributed by atoms with Crippen LogP contribution in [0, 0.1) is 0 Å². The molecule has 1 fully saturated rings. The zero-order valence-electron chi connectivity index (χ0n) is 18.8. The van der Waals surface area contributed by atoms with Crippen LogP contribution in [0.25, 0.3) is 11.1 Å². The molecule has 7 heteroatoms. The number of rotatable bonds is 9. The first-order valence-electron chi connectivity index (χ1n) is 11.3. The van der Waals surface area contributed by atoms with E-state index in [0.29, 0.717) is 25.4 Å². The number of pyridine rings is 1. The van der Waals surface area contributed by atoms with Crippen LogP contribution in [0.3, 0.4) is 0 Å². The molecule has 2 aromatic carbocycles. The Morgan fingerprint density at radius 1 is 1.06 bits per heavy atom. The third kappa shape index (κ3) is 7.36. The molecule has 0 bridgehead atoms. The normalized spacial score (nSPS) is 14.9. The monoisotopic (exact) mass is 462 g/mol. The van der Waals surface area contributed by atoms with Crippen LogP contribution in [-0.4, -0.2) is 55.2 Å². The maximum absolute atomic E-state index is 6.13. The van der Waals surface area contributed by atoms with Gasteiger partial charge in [-0.1, -0.05) is 36.4 Å². The Labute approximate surface area is 198 Å². The summed E-state index contributed by atoms with van der Waals surface area (Å²) in [6, 6.07) is 20.4. The number of benzene rings is 2. The zero-order chi connectivity index (χ0) is 22.9. The fraction of sp³-hybridized carbons (Fsp3) is 0.308. The lowest BCUT2D eigenvalue weighted by Crippen LogP contribution is -2.38. The molecule has 3 aromatic rings. The van der Waals surface area contributed by atoms with E-state index in [1.165, 1.54) is 0 Å². The van der Waals surface area contributed by atoms with Crippen molar-refractivity contribution in [2.24, 2.45) is 10.7 Å². The predicted octanol–water partition coefficient (Wildman–Crippen LogP) is 3.06. The summed E-state index contributed by atoms with van der Waals surface area (Å²) in [6.07, 6.45) is 2.42. The van der Waals surface area contributed by atoms with Gasteiger partial charge in [0.2, 0.25) is 0 Å². The van der Waals surface area contributed by atoms with Gasteiger partial charge >= 0.3 is 0 Å². The van der Waals surface area contributed by atoms with Crippen molar-refractivity contribution in [1.29, 1.82) is 0 Å². The molecular formula is C26H31N4O2P. The number of hydrogen-bond donors (Lipinski definition) is 1. The number of morpholine rings is 1. The van der Waals surface area contributed by atoms with Gasteiger partial charge in [-0.2, -0.15) is 0 Å². The summed E-state index contributed by atoms with van der Waals surface area (Å²) in [6.45, 7) is 5.77. The minimum atomic E-state index is 0.538. The average molecular weight is 463 g/mol. The van der Waals surface area contributed by atoms with Gasteiger partial charge in [0.25, 0.3) is 0 Å². The third-order valence-electron chi connectivity index (χ3n) is 5.57. The molecule has 172 valence electrons. The minimum Gasteiger partial charge on any atom is -0.492 e. The van der Waals surface area contributed by atoms with Crippen LogP contribution in [0.5, 0.6) is 5.75 Å². The molecule has 1 unspecified atom stereocenters. The number of hydrogen-bond acceptors (Lipinski definition) is 5. The van der Waals surface area contributed by atoms with Crippen molar-refractivity contribution in [3.63, 3.8) is 0 Å². The molecule has 1 aliphatic heterocycles. The van der Waals surface area contributed by atoms with Crippen molar-refractivity contribution in [3.8, 4) is 16.9 Å². The minimum absolute atomic E-state index is 0.538. The summed E-state index contributed by atoms with van der Waals surface area (Å²) in [5.74, 6) is 1.47. The molecule has 0 spiro atoms. The van der Waals surface area contributed by atoms with Crippen LogP contribution in [-0.2, 0) is 17.7 Å². The summed E-state index contributed by atoms with van der Waals surface area (Å²) in [7, 11) is 2.70. The van der Waals surface area contributed by atoms with Crippen molar-refractivity contribution in [2.75, 3.05) is 39.5 Å². The Morgan fingerprint density at radius 3 is 2.58 bits per heavy atom. The Bertz CT molecular complexity index is 1050. The molecule has 33 heavy (non-hydrogen) atoms. The summed E-state index contributed by atoms with van der Waals surface area (Å²) in [5, 5.41) is 1.14. The second kappa shape index (κ2) is 11.9. The number of aromatic nitrogens is 1. The van der Waals surface area contributed by atoms with Crippen molar-refractivity contribution < 1.29 is 9.47 Å². The molecule has 2 heterocycles. The van der Waals surface area contributed by atoms with E-state index in [9.17, 15) is 0 Å². The summed E-state index contributed by atoms with van der Waals surface area (Å²) in [4.78, 5) is 11.4. The van der Waals surface area contributed by atoms with Crippen LogP contribution in [0.2, 0.25) is 0 Å². The van der Waals surface area contributed by atoms with E-state index in [-0.39, 0.29) is 0 Å². The second-order valence-corrected chi connectivity index (χ2v) is 8.76. The maximum atomic E-state index is 6.13. The number of nitrogens with two attached hydrogens (primary N) is 1. The largest absolute Gasteiger partial charge is 0.492 e. The smallest absolute Gasteiger partial charge is 0.119 e. The van der Waals surface area contributed by atoms with Crippen LogP contribution >= 0.6 is 9.24 Å². The number of ether oxygens (including phenoxy) is 2. The van der Waals surface area contributed by atoms with Gasteiger partial charge in [-0.05, 0) is 40.7 Å². The number of amidine groups is 1. The van der Waals surface area contributed by atoms with E-state index in [1.807, 2.05) is 36.5 Å². The van der Waals surface area contributed by atoms with E-state index in [0.717, 1.165) is 66.3 Å². The van der Waals surface area contributed by atoms with Crippen LogP contribution < -0.4 is 15.8 Å². The molecule has 1 atom stereocenters. The first-order valence-corrected chi connectivity index (χ1v) is 11.8. The Kier molecular flexibility index (Phi) is 8.42. The number of aliphatic imine (C=N–C) groups is 1. The van der Waals surface area contributed by atoms with Crippen LogP contribution in [0.4, 0.5) is 0 Å². The first-order chi connectivity index (χ1) is 16.2. The van der Waals surface area contributed by atoms with Gasteiger partial charge in [0.05, 0.1) is 19.8 Å². The maximum Gasteiger partial charge on any atom is 0.119 e. The lowest BCUT2D eigenvalue weighted by molar-refractivity contribution is 0.0322. The molecule has 1 saturated heterocycles. The summed E-state index contributed by atoms with van der Waals surface area (Å²) < 4.78 is 11.3. The molecule has 1 aromatic heterocycles. The molecule has 0 aliphatic carbocycles. The van der Waals surface area contributed by atoms with Gasteiger partial charge in [-0.15, -0.1) is 9.24 Å². The van der Waals surface area contributed by atoms with Gasteiger partial charge < -0.3 is 15.2 Å². The lowest BCUT2D eigenvalue weighted by Gasteiger charge is -2.26. The molecular weight excluding hydrogens is 431 g/mol. The fourth-order valence-electron chi connectivity index (χ4n) is 3.69. The first kappa shape index (κ1) is 23.4. The van der Waals surface area contributed by atoms with E-state index in [2.05, 4.69) is 54.4 Å². The summed E-state index contributed by atoms with van der Waals surface area (Å²) in [5.41, 5.74) is 10.3. The van der Waals surface area contributed by atoms with Crippen molar-refractivity contribution in [2.45, 2.75) is 13.0 Å². The van der Waals surface area contributed by atoms with Gasteiger partial charge in [0, 0.05) is 43.5 Å². The highest BCUT2D eigenvalue weighted by Crippen LogP contribution is 2.22. The SMILES string of the molecule is NC(Cc1ccc(-c2ccc(OCCN3CCOCC3)cc2)cn1)=NCc1cccc(P)c1. The van der Waals surface area contributed by atoms with Gasteiger partial charge in [-0.25, -0.2) is 0 Å². The second-order valence-electron chi connectivity index (χ2n) is 8.09. The topological polar surface area (TPSA) is 73.0 Å². The lowest BCUT2D eigenvalue weighted by atomic mass is 10.1. The standard InChI is InChI=1S/C26H31N4O2P/c27-26(29-18-20-2-1-3-25(33)16-20)17-23-7-4-22(19-28-23)21-5-8-24(9-6-21)32-15-12-30-10-13-31-14-11-30/h1-9,16,19H,10-15,17-18,33H2,(H2,27,29). The quantitative estimate of drug-likeness (QED) is 0.301. The Balaban J connectivity index is 1.27. The molecule has 6 nitrogen and oxygen atoms in total. The highest BCUT2D eigenvalue weighted by molar-refractivity contribution is 7.27. The van der Waals surface area contributed by atoms with Crippen LogP contribution in [0.1, 0.15) is 11.3 Å². The van der Waals surface area contributed by atoms with Gasteiger partial charge in [0.1, 0.15) is 18.2 Å². The van der Waals surface area contributed by atoms with Gasteiger partial charge in [0.15, 0.2) is 0 Å². The third-order valence-corrected chi connectivity index (χ3v) is 5.93. The van der Waals surface area contributed by atoms with Crippen molar-refractivity contribution in [1.82, 2.24) is 9.88 Å². The zero-order valence-corrected chi connectivity index (χ0v) is 20.0. The number of nitrogens with zero attached hydrogens (tertiary/aromatic N) is 3. The molecule has 1 aliphatic rings. The highest BCUT2D eigenvalue weighted by atomic mass is 31.0. The predicted molar refractivity (Wildman–Crippen MR) is 137 cm³/mol. The molecule has 0 radical (unpaired) electrons. The van der Waals surface area contributed by atoms with E-state index >= 15 is 0 Å². The summed E-state index contributed by atoms with van der Waals surface area (Å²) >= 11 is 0. The van der Waals surface area contributed by atoms with Crippen LogP contribution in [0.15, 0.2) is 71.9 Å². The Hall–Kier alpha value is -2.79. The van der Waals surface area contributed by atoms with Crippen molar-refractivity contribution >= 4 is 20.4 Å².